The summed E-state index contributed by atoms with van der Waals surface area (Å²) >= 11 is 0. The van der Waals surface area contributed by atoms with Crippen LogP contribution in [0.5, 0.6) is 11.5 Å². The van der Waals surface area contributed by atoms with E-state index in [0.717, 1.165) is 64.4 Å². The first kappa shape index (κ1) is 49.5. The van der Waals surface area contributed by atoms with Crippen LogP contribution in [-0.2, 0) is 37.4 Å². The topological polar surface area (TPSA) is 184 Å². The van der Waals surface area contributed by atoms with Crippen LogP contribution >= 0.6 is 0 Å². The fourth-order valence-electron chi connectivity index (χ4n) is 8.17. The molecular formula is C52H71N6O7+. The first-order chi connectivity index (χ1) is 31.1. The number of hydrogen-bond donors (Lipinski definition) is 4. The zero-order valence-corrected chi connectivity index (χ0v) is 38.6. The lowest BCUT2D eigenvalue weighted by atomic mass is 9.90. The second-order valence-corrected chi connectivity index (χ2v) is 17.8. The number of nitrogens with two attached hydrogens (primary N) is 3. The van der Waals surface area contributed by atoms with Crippen molar-refractivity contribution in [1.82, 2.24) is 9.40 Å². The number of allylic oxidation sites excluding steroid dienone is 8. The van der Waals surface area contributed by atoms with E-state index in [0.29, 0.717) is 69.2 Å². The fraction of sp³-hybridized carbons (Fsp3) is 0.423. The summed E-state index contributed by atoms with van der Waals surface area (Å²) in [6, 6.07) is 17.2. The molecule has 3 aliphatic rings. The highest BCUT2D eigenvalue weighted by atomic mass is 16.6. The Kier molecular flexibility index (Phi) is 16.8. The van der Waals surface area contributed by atoms with Gasteiger partial charge in [0.25, 0.3) is 0 Å². The van der Waals surface area contributed by atoms with Gasteiger partial charge in [0, 0.05) is 71.9 Å². The van der Waals surface area contributed by atoms with Crippen LogP contribution in [0, 0.1) is 5.92 Å². The Morgan fingerprint density at radius 2 is 1.43 bits per heavy atom. The highest BCUT2D eigenvalue weighted by molar-refractivity contribution is 5.63. The number of nitrogens with zero attached hydrogens (tertiary/aromatic N) is 2. The second-order valence-electron chi connectivity index (χ2n) is 17.8. The lowest BCUT2D eigenvalue weighted by molar-refractivity contribution is -0.0786. The number of rotatable bonds is 28. The Labute approximate surface area is 385 Å². The Hall–Kier alpha value is -4.90. The average molecular weight is 892 g/mol. The Morgan fingerprint density at radius 1 is 0.815 bits per heavy atom. The maximum atomic E-state index is 11.2. The zero-order valence-electron chi connectivity index (χ0n) is 38.6. The molecule has 8 N–H and O–H groups in total. The van der Waals surface area contributed by atoms with Gasteiger partial charge in [0.15, 0.2) is 11.4 Å². The van der Waals surface area contributed by atoms with Crippen LogP contribution in [0.1, 0.15) is 81.0 Å². The van der Waals surface area contributed by atoms with Gasteiger partial charge < -0.3 is 39.4 Å². The molecular weight excluding hydrogens is 821 g/mol. The largest absolute Gasteiger partial charge is 0.495 e. The molecule has 13 heteroatoms. The molecule has 0 bridgehead atoms. The molecule has 3 aromatic carbocycles. The van der Waals surface area contributed by atoms with E-state index in [1.165, 1.54) is 0 Å². The van der Waals surface area contributed by atoms with Crippen molar-refractivity contribution in [1.29, 1.82) is 0 Å². The van der Waals surface area contributed by atoms with E-state index < -0.39 is 21.1 Å². The normalized spacial score (nSPS) is 20.0. The molecule has 6 unspecified atom stereocenters. The number of aliphatic hydroxyl groups is 1. The van der Waals surface area contributed by atoms with Crippen LogP contribution in [0.2, 0.25) is 0 Å². The van der Waals surface area contributed by atoms with Crippen molar-refractivity contribution in [3.63, 3.8) is 0 Å². The molecule has 350 valence electrons. The molecule has 1 aliphatic carbocycles. The molecule has 0 saturated carbocycles. The number of benzene rings is 3. The number of hydrogen-bond acceptors (Lipinski definition) is 10. The van der Waals surface area contributed by atoms with E-state index in [1.54, 1.807) is 6.08 Å². The molecule has 2 aliphatic heterocycles. The number of nitrogens with one attached hydrogen (secondary N) is 1. The SMILES string of the molecule is C=CCc1cc([N+]([NH-])(N)c2ccc(C(C)(C)OCC(O)COC3=CC=C([N+](N)(N)c4ccc(OCC5CO5)c(C(C=C)CCCC)c4)CC3CC=C)c(CC=C)c2)ccc1OCC1CO1. The monoisotopic (exact) mass is 892 g/mol. The Bertz CT molecular complexity index is 2210. The fourth-order valence-corrected chi connectivity index (χ4v) is 8.17. The van der Waals surface area contributed by atoms with E-state index in [1.807, 2.05) is 98.8 Å². The molecule has 65 heavy (non-hydrogen) atoms. The molecule has 3 aromatic rings. The standard InChI is InChI=1S/C52H71N6O7/c1-8-13-17-36(12-5)47-29-43(21-25-51(47)64-35-46-33-61-46)58(55,56)42-19-23-49(38(27-42)15-10-3)62-30-44(59)31-65-52(6,7)48-22-18-40(26-37(48)14-9-2)57(53,54)41-20-24-50(39(28-41)16-11-4)63-34-45-32-60-45/h9-12,18-26,28-29,36,38,44-46,59H,2-5,8,13-17,27,30-35,55-56H2,1,6-7H3,(H3,53,54)/q+1. The van der Waals surface area contributed by atoms with Crippen molar-refractivity contribution in [2.75, 3.05) is 39.6 Å². The molecule has 0 aromatic heterocycles. The summed E-state index contributed by atoms with van der Waals surface area (Å²) in [4.78, 5) is 0. The Balaban J connectivity index is 1.12. The van der Waals surface area contributed by atoms with Crippen molar-refractivity contribution in [2.24, 2.45) is 23.4 Å². The van der Waals surface area contributed by atoms with Crippen LogP contribution in [0.15, 0.2) is 129 Å². The molecule has 13 nitrogen and oxygen atoms in total. The van der Waals surface area contributed by atoms with E-state index in [2.05, 4.69) is 33.2 Å². The van der Waals surface area contributed by atoms with Gasteiger partial charge in [-0.1, -0.05) is 44.1 Å². The summed E-state index contributed by atoms with van der Waals surface area (Å²) in [5, 5.41) is 11.2. The van der Waals surface area contributed by atoms with Gasteiger partial charge in [-0.05, 0) is 74.9 Å². The van der Waals surface area contributed by atoms with Crippen LogP contribution < -0.4 is 36.4 Å². The summed E-state index contributed by atoms with van der Waals surface area (Å²) in [6.45, 7) is 24.5. The van der Waals surface area contributed by atoms with Gasteiger partial charge in [0.05, 0.1) is 25.4 Å². The van der Waals surface area contributed by atoms with Crippen molar-refractivity contribution in [3.05, 3.63) is 157 Å². The number of aliphatic hydroxyl groups excluding tert-OH is 1. The molecule has 2 fully saturated rings. The predicted molar refractivity (Wildman–Crippen MR) is 260 cm³/mol. The highest BCUT2D eigenvalue weighted by Gasteiger charge is 2.36. The van der Waals surface area contributed by atoms with E-state index >= 15 is 0 Å². The first-order valence-electron chi connectivity index (χ1n) is 22.8. The van der Waals surface area contributed by atoms with Gasteiger partial charge in [-0.15, -0.1) is 31.0 Å². The summed E-state index contributed by atoms with van der Waals surface area (Å²) in [5.41, 5.74) is 5.50. The van der Waals surface area contributed by atoms with Crippen molar-refractivity contribution in [3.8, 4) is 11.5 Å². The minimum absolute atomic E-state index is 0.0107. The van der Waals surface area contributed by atoms with Crippen LogP contribution in [0.4, 0.5) is 17.1 Å². The van der Waals surface area contributed by atoms with Crippen LogP contribution in [0.25, 0.3) is 5.84 Å². The summed E-state index contributed by atoms with van der Waals surface area (Å²) in [7, 11) is 0. The second kappa shape index (κ2) is 22.1. The van der Waals surface area contributed by atoms with Gasteiger partial charge in [-0.3, -0.25) is 4.70 Å². The minimum Gasteiger partial charge on any atom is -0.495 e. The number of unbranched alkanes of at least 4 members (excludes halogenated alkanes) is 1. The van der Waals surface area contributed by atoms with Gasteiger partial charge in [-0.2, -0.15) is 17.5 Å². The summed E-state index contributed by atoms with van der Waals surface area (Å²) in [5.74, 6) is 32.2. The molecule has 0 amide bonds. The molecule has 0 radical (unpaired) electrons. The predicted octanol–water partition coefficient (Wildman–Crippen LogP) is 9.39. The van der Waals surface area contributed by atoms with Gasteiger partial charge in [-0.25, -0.2) is 0 Å². The van der Waals surface area contributed by atoms with Crippen molar-refractivity contribution >= 4 is 17.1 Å². The lowest BCUT2D eigenvalue weighted by Gasteiger charge is -2.37. The molecule has 6 rings (SSSR count). The van der Waals surface area contributed by atoms with E-state index in [4.69, 9.17) is 45.9 Å². The summed E-state index contributed by atoms with van der Waals surface area (Å²) < 4.78 is 34.4. The van der Waals surface area contributed by atoms with Gasteiger partial charge in [0.1, 0.15) is 66.8 Å². The maximum Gasteiger partial charge on any atom is 0.177 e. The van der Waals surface area contributed by atoms with E-state index in [9.17, 15) is 10.9 Å². The number of ether oxygens (including phenoxy) is 6. The van der Waals surface area contributed by atoms with Gasteiger partial charge in [0.2, 0.25) is 0 Å². The molecule has 2 heterocycles. The van der Waals surface area contributed by atoms with Crippen molar-refractivity contribution in [2.45, 2.75) is 95.5 Å². The number of quaternary nitrogens is 2. The number of epoxide rings is 2. The first-order valence-corrected chi connectivity index (χ1v) is 22.8. The zero-order chi connectivity index (χ0) is 46.8. The highest BCUT2D eigenvalue weighted by Crippen LogP contribution is 2.41. The smallest absolute Gasteiger partial charge is 0.177 e. The quantitative estimate of drug-likeness (QED) is 0.0180. The third-order valence-corrected chi connectivity index (χ3v) is 12.3. The minimum atomic E-state index is -0.933. The summed E-state index contributed by atoms with van der Waals surface area (Å²) in [6.07, 6.45) is 15.8. The van der Waals surface area contributed by atoms with Gasteiger partial charge >= 0.3 is 0 Å². The lowest BCUT2D eigenvalue weighted by Crippen LogP contribution is -2.61. The third kappa shape index (κ3) is 12.7. The van der Waals surface area contributed by atoms with Crippen LogP contribution in [-0.4, -0.2) is 63.1 Å². The third-order valence-electron chi connectivity index (χ3n) is 12.3. The molecule has 6 atom stereocenters. The van der Waals surface area contributed by atoms with Crippen molar-refractivity contribution < 1.29 is 33.5 Å². The average Bonchev–Trinajstić information content (AvgIpc) is 4.24. The maximum absolute atomic E-state index is 11.2. The molecule has 0 spiro atoms. The Morgan fingerprint density at radius 3 is 2.06 bits per heavy atom. The van der Waals surface area contributed by atoms with Crippen LogP contribution in [0.3, 0.4) is 0 Å². The van der Waals surface area contributed by atoms with E-state index in [-0.39, 0.29) is 37.3 Å². The molecule has 2 saturated heterocycles.